The van der Waals surface area contributed by atoms with Crippen molar-refractivity contribution in [3.05, 3.63) is 59.7 Å². The van der Waals surface area contributed by atoms with Gasteiger partial charge in [-0.05, 0) is 60.8 Å². The molecule has 2 amide bonds. The topological polar surface area (TPSA) is 105 Å². The predicted octanol–water partition coefficient (Wildman–Crippen LogP) is 3.92. The highest BCUT2D eigenvalue weighted by atomic mass is 16.5. The third-order valence-corrected chi connectivity index (χ3v) is 6.83. The van der Waals surface area contributed by atoms with Gasteiger partial charge in [-0.2, -0.15) is 0 Å². The number of carbonyl (C=O) groups is 3. The first-order valence-corrected chi connectivity index (χ1v) is 11.6. The molecule has 0 aliphatic heterocycles. The van der Waals surface area contributed by atoms with Crippen molar-refractivity contribution in [3.63, 3.8) is 0 Å². The fraction of sp³-hybridized carbons (Fsp3) is 0.423. The minimum Gasteiger partial charge on any atom is -0.481 e. The van der Waals surface area contributed by atoms with E-state index in [2.05, 4.69) is 34.9 Å². The summed E-state index contributed by atoms with van der Waals surface area (Å²) >= 11 is 0. The van der Waals surface area contributed by atoms with E-state index < -0.39 is 18.1 Å². The number of carboxylic acids is 1. The number of hydrogen-bond acceptors (Lipinski definition) is 4. The second kappa shape index (κ2) is 10.1. The first-order chi connectivity index (χ1) is 15.9. The maximum Gasteiger partial charge on any atom is 0.407 e. The molecule has 0 saturated heterocycles. The number of aliphatic carboxylic acids is 1. The number of hydrogen-bond donors (Lipinski definition) is 3. The Bertz CT molecular complexity index is 983. The molecule has 2 aliphatic carbocycles. The Labute approximate surface area is 193 Å². The summed E-state index contributed by atoms with van der Waals surface area (Å²) in [5.41, 5.74) is 4.59. The van der Waals surface area contributed by atoms with E-state index in [4.69, 9.17) is 9.84 Å². The largest absolute Gasteiger partial charge is 0.481 e. The third kappa shape index (κ3) is 5.18. The minimum absolute atomic E-state index is 0.0341. The van der Waals surface area contributed by atoms with Gasteiger partial charge in [-0.3, -0.25) is 9.59 Å². The van der Waals surface area contributed by atoms with Crippen LogP contribution in [0.3, 0.4) is 0 Å². The summed E-state index contributed by atoms with van der Waals surface area (Å²) in [6.07, 6.45) is 2.23. The van der Waals surface area contributed by atoms with Gasteiger partial charge in [0.2, 0.25) is 5.91 Å². The Morgan fingerprint density at radius 3 is 2.12 bits per heavy atom. The number of ether oxygens (including phenoxy) is 1. The van der Waals surface area contributed by atoms with Crippen molar-refractivity contribution in [2.45, 2.75) is 44.6 Å². The third-order valence-electron chi connectivity index (χ3n) is 6.83. The van der Waals surface area contributed by atoms with E-state index in [-0.39, 0.29) is 30.3 Å². The fourth-order valence-corrected chi connectivity index (χ4v) is 4.89. The van der Waals surface area contributed by atoms with E-state index in [1.165, 1.54) is 0 Å². The van der Waals surface area contributed by atoms with Crippen molar-refractivity contribution in [1.82, 2.24) is 10.6 Å². The molecular weight excluding hydrogens is 420 g/mol. The molecule has 33 heavy (non-hydrogen) atoms. The Hall–Kier alpha value is -3.35. The summed E-state index contributed by atoms with van der Waals surface area (Å²) in [5.74, 6) is -1.05. The molecule has 0 aromatic heterocycles. The van der Waals surface area contributed by atoms with E-state index in [0.29, 0.717) is 19.4 Å². The van der Waals surface area contributed by atoms with Crippen LogP contribution in [0.4, 0.5) is 4.79 Å². The Kier molecular flexibility index (Phi) is 6.96. The summed E-state index contributed by atoms with van der Waals surface area (Å²) in [6, 6.07) is 15.5. The van der Waals surface area contributed by atoms with Crippen molar-refractivity contribution in [2.75, 3.05) is 13.2 Å². The first-order valence-electron chi connectivity index (χ1n) is 11.6. The molecule has 7 heteroatoms. The second-order valence-corrected chi connectivity index (χ2v) is 8.99. The molecule has 1 fully saturated rings. The monoisotopic (exact) mass is 450 g/mol. The lowest BCUT2D eigenvalue weighted by Gasteiger charge is -2.26. The zero-order valence-corrected chi connectivity index (χ0v) is 18.8. The number of rotatable bonds is 7. The second-order valence-electron chi connectivity index (χ2n) is 8.99. The zero-order chi connectivity index (χ0) is 23.4. The Morgan fingerprint density at radius 1 is 0.970 bits per heavy atom. The molecule has 2 aromatic rings. The van der Waals surface area contributed by atoms with E-state index in [9.17, 15) is 14.4 Å². The summed E-state index contributed by atoms with van der Waals surface area (Å²) in [4.78, 5) is 35.8. The van der Waals surface area contributed by atoms with Gasteiger partial charge in [0.15, 0.2) is 0 Å². The molecule has 4 rings (SSSR count). The maximum absolute atomic E-state index is 12.4. The lowest BCUT2D eigenvalue weighted by molar-refractivity contribution is -0.143. The average molecular weight is 451 g/mol. The van der Waals surface area contributed by atoms with Gasteiger partial charge in [0.1, 0.15) is 12.6 Å². The Balaban J connectivity index is 1.24. The Morgan fingerprint density at radius 2 is 1.55 bits per heavy atom. The minimum atomic E-state index is -0.738. The maximum atomic E-state index is 12.4. The number of benzene rings is 2. The van der Waals surface area contributed by atoms with Crippen LogP contribution in [0.5, 0.6) is 0 Å². The van der Waals surface area contributed by atoms with Crippen LogP contribution in [-0.2, 0) is 14.3 Å². The SMILES string of the molecule is C[C@@H](NC(=O)OCC1c2ccccc2-c2ccccc21)C(=O)NCC1CCC(C(=O)O)CC1. The van der Waals surface area contributed by atoms with E-state index in [0.717, 1.165) is 35.1 Å². The molecule has 0 bridgehead atoms. The van der Waals surface area contributed by atoms with Crippen molar-refractivity contribution < 1.29 is 24.2 Å². The number of alkyl carbamates (subject to hydrolysis) is 1. The van der Waals surface area contributed by atoms with Crippen molar-refractivity contribution in [1.29, 1.82) is 0 Å². The van der Waals surface area contributed by atoms with Gasteiger partial charge in [-0.15, -0.1) is 0 Å². The number of amides is 2. The van der Waals surface area contributed by atoms with Crippen LogP contribution in [-0.4, -0.2) is 42.3 Å². The molecule has 174 valence electrons. The summed E-state index contributed by atoms with van der Waals surface area (Å²) in [5, 5.41) is 14.6. The van der Waals surface area contributed by atoms with Gasteiger partial charge in [-0.25, -0.2) is 4.79 Å². The van der Waals surface area contributed by atoms with Crippen LogP contribution in [0.2, 0.25) is 0 Å². The predicted molar refractivity (Wildman–Crippen MR) is 124 cm³/mol. The molecule has 2 aromatic carbocycles. The van der Waals surface area contributed by atoms with Crippen LogP contribution in [0.25, 0.3) is 11.1 Å². The van der Waals surface area contributed by atoms with Gasteiger partial charge < -0.3 is 20.5 Å². The molecule has 0 spiro atoms. The molecule has 7 nitrogen and oxygen atoms in total. The number of carboxylic acid groups (broad SMARTS) is 1. The van der Waals surface area contributed by atoms with E-state index >= 15 is 0 Å². The van der Waals surface area contributed by atoms with Gasteiger partial charge in [0.25, 0.3) is 0 Å². The lowest BCUT2D eigenvalue weighted by atomic mass is 9.82. The highest BCUT2D eigenvalue weighted by molar-refractivity contribution is 5.85. The molecule has 2 aliphatic rings. The van der Waals surface area contributed by atoms with Crippen molar-refractivity contribution >= 4 is 18.0 Å². The molecule has 1 saturated carbocycles. The van der Waals surface area contributed by atoms with E-state index in [1.807, 2.05) is 24.3 Å². The molecule has 0 heterocycles. The van der Waals surface area contributed by atoms with Crippen LogP contribution < -0.4 is 10.6 Å². The van der Waals surface area contributed by atoms with Gasteiger partial charge >= 0.3 is 12.1 Å². The van der Waals surface area contributed by atoms with Crippen LogP contribution in [0.1, 0.15) is 49.7 Å². The van der Waals surface area contributed by atoms with Crippen LogP contribution >= 0.6 is 0 Å². The first kappa shape index (κ1) is 22.8. The van der Waals surface area contributed by atoms with Crippen molar-refractivity contribution in [3.8, 4) is 11.1 Å². The summed E-state index contributed by atoms with van der Waals surface area (Å²) < 4.78 is 5.50. The number of carbonyl (C=O) groups excluding carboxylic acids is 2. The lowest BCUT2D eigenvalue weighted by Crippen LogP contribution is -2.46. The zero-order valence-electron chi connectivity index (χ0n) is 18.8. The highest BCUT2D eigenvalue weighted by Gasteiger charge is 2.30. The number of fused-ring (bicyclic) bond motifs is 3. The average Bonchev–Trinajstić information content (AvgIpc) is 3.15. The molecule has 0 unspecified atom stereocenters. The molecule has 3 N–H and O–H groups in total. The van der Waals surface area contributed by atoms with Crippen LogP contribution in [0.15, 0.2) is 48.5 Å². The molecule has 0 radical (unpaired) electrons. The molecular formula is C26H30N2O5. The smallest absolute Gasteiger partial charge is 0.407 e. The van der Waals surface area contributed by atoms with E-state index in [1.54, 1.807) is 6.92 Å². The normalized spacial score (nSPS) is 20.3. The molecule has 1 atom stereocenters. The summed E-state index contributed by atoms with van der Waals surface area (Å²) in [7, 11) is 0. The van der Waals surface area contributed by atoms with Crippen LogP contribution in [0, 0.1) is 11.8 Å². The quantitative estimate of drug-likeness (QED) is 0.593. The highest BCUT2D eigenvalue weighted by Crippen LogP contribution is 2.44. The number of nitrogens with one attached hydrogen (secondary N) is 2. The van der Waals surface area contributed by atoms with Gasteiger partial charge in [0, 0.05) is 12.5 Å². The standard InChI is InChI=1S/C26H30N2O5/c1-16(24(29)27-14-17-10-12-18(13-11-17)25(30)31)28-26(32)33-15-23-21-8-4-2-6-19(21)20-7-3-5-9-22(20)23/h2-9,16-18,23H,10-15H2,1H3,(H,27,29)(H,28,32)(H,30,31)/t16-,17?,18?/m1/s1. The van der Waals surface area contributed by atoms with Gasteiger partial charge in [-0.1, -0.05) is 48.5 Å². The van der Waals surface area contributed by atoms with Gasteiger partial charge in [0.05, 0.1) is 5.92 Å². The fourth-order valence-electron chi connectivity index (χ4n) is 4.89. The van der Waals surface area contributed by atoms with Crippen molar-refractivity contribution in [2.24, 2.45) is 11.8 Å². The summed E-state index contributed by atoms with van der Waals surface area (Å²) in [6.45, 7) is 2.31.